The first-order valence-corrected chi connectivity index (χ1v) is 6.62. The third-order valence-electron chi connectivity index (χ3n) is 2.52. The quantitative estimate of drug-likeness (QED) is 0.823. The second-order valence-corrected chi connectivity index (χ2v) is 5.19. The average molecular weight is 291 g/mol. The van der Waals surface area contributed by atoms with E-state index in [0.717, 1.165) is 11.0 Å². The van der Waals surface area contributed by atoms with Crippen LogP contribution in [-0.4, -0.2) is 38.9 Å². The molecule has 0 saturated heterocycles. The number of carbonyl (C=O) groups is 2. The summed E-state index contributed by atoms with van der Waals surface area (Å²) in [5.74, 6) is -0.425. The summed E-state index contributed by atoms with van der Waals surface area (Å²) in [7, 11) is 1.69. The van der Waals surface area contributed by atoms with Crippen LogP contribution in [-0.2, 0) is 11.3 Å². The largest absolute Gasteiger partial charge is 0.478 e. The molecule has 2 N–H and O–H groups in total. The SMILES string of the molecule is CN(Cc1ncc[nH]1)C(=O)c1ccc(C=CC(=O)O)s1. The second kappa shape index (κ2) is 6.16. The highest BCUT2D eigenvalue weighted by atomic mass is 32.1. The molecule has 0 spiro atoms. The zero-order chi connectivity index (χ0) is 14.5. The van der Waals surface area contributed by atoms with E-state index in [1.165, 1.54) is 17.4 Å². The molecule has 0 atom stereocenters. The van der Waals surface area contributed by atoms with Crippen LogP contribution >= 0.6 is 11.3 Å². The van der Waals surface area contributed by atoms with Gasteiger partial charge in [-0.1, -0.05) is 0 Å². The van der Waals surface area contributed by atoms with Crippen molar-refractivity contribution in [1.29, 1.82) is 0 Å². The van der Waals surface area contributed by atoms with E-state index < -0.39 is 5.97 Å². The lowest BCUT2D eigenvalue weighted by molar-refractivity contribution is -0.131. The molecule has 2 aromatic rings. The third-order valence-corrected chi connectivity index (χ3v) is 3.55. The number of aromatic nitrogens is 2. The molecule has 6 nitrogen and oxygen atoms in total. The number of aromatic amines is 1. The molecule has 2 aromatic heterocycles. The topological polar surface area (TPSA) is 86.3 Å². The van der Waals surface area contributed by atoms with E-state index in [1.54, 1.807) is 36.5 Å². The van der Waals surface area contributed by atoms with Crippen LogP contribution < -0.4 is 0 Å². The van der Waals surface area contributed by atoms with Crippen molar-refractivity contribution in [3.63, 3.8) is 0 Å². The summed E-state index contributed by atoms with van der Waals surface area (Å²) in [6.45, 7) is 0.393. The number of rotatable bonds is 5. The molecule has 0 unspecified atom stereocenters. The molecule has 7 heteroatoms. The van der Waals surface area contributed by atoms with E-state index in [9.17, 15) is 9.59 Å². The number of amides is 1. The van der Waals surface area contributed by atoms with Gasteiger partial charge in [0.1, 0.15) is 5.82 Å². The number of aliphatic carboxylic acids is 1. The van der Waals surface area contributed by atoms with Gasteiger partial charge in [0.05, 0.1) is 11.4 Å². The Morgan fingerprint density at radius 3 is 2.95 bits per heavy atom. The minimum atomic E-state index is -1.01. The van der Waals surface area contributed by atoms with Gasteiger partial charge in [-0.15, -0.1) is 11.3 Å². The second-order valence-electron chi connectivity index (χ2n) is 4.07. The van der Waals surface area contributed by atoms with Gasteiger partial charge >= 0.3 is 5.97 Å². The Morgan fingerprint density at radius 2 is 2.30 bits per heavy atom. The number of nitrogens with one attached hydrogen (secondary N) is 1. The first-order valence-electron chi connectivity index (χ1n) is 5.81. The van der Waals surface area contributed by atoms with Crippen molar-refractivity contribution in [1.82, 2.24) is 14.9 Å². The third kappa shape index (κ3) is 3.55. The molecule has 20 heavy (non-hydrogen) atoms. The number of carboxylic acids is 1. The number of hydrogen-bond donors (Lipinski definition) is 2. The number of H-pyrrole nitrogens is 1. The highest BCUT2D eigenvalue weighted by Crippen LogP contribution is 2.19. The van der Waals surface area contributed by atoms with Crippen molar-refractivity contribution in [3.05, 3.63) is 46.2 Å². The Morgan fingerprint density at radius 1 is 1.50 bits per heavy atom. The fourth-order valence-corrected chi connectivity index (χ4v) is 2.49. The number of nitrogens with zero attached hydrogens (tertiary/aromatic N) is 2. The molecular weight excluding hydrogens is 278 g/mol. The van der Waals surface area contributed by atoms with E-state index in [2.05, 4.69) is 9.97 Å². The van der Waals surface area contributed by atoms with Crippen LogP contribution in [0.4, 0.5) is 0 Å². The molecule has 0 aliphatic heterocycles. The smallest absolute Gasteiger partial charge is 0.328 e. The summed E-state index contributed by atoms with van der Waals surface area (Å²) in [6.07, 6.45) is 5.85. The first kappa shape index (κ1) is 14.0. The van der Waals surface area contributed by atoms with Gasteiger partial charge in [-0.3, -0.25) is 4.79 Å². The molecule has 0 aliphatic carbocycles. The van der Waals surface area contributed by atoms with Crippen molar-refractivity contribution in [2.24, 2.45) is 0 Å². The van der Waals surface area contributed by atoms with Crippen molar-refractivity contribution >= 4 is 29.3 Å². The maximum atomic E-state index is 12.2. The van der Waals surface area contributed by atoms with Gasteiger partial charge in [0.15, 0.2) is 0 Å². The van der Waals surface area contributed by atoms with Gasteiger partial charge in [-0.25, -0.2) is 9.78 Å². The first-order chi connectivity index (χ1) is 9.56. The van der Waals surface area contributed by atoms with E-state index in [1.807, 2.05) is 0 Å². The van der Waals surface area contributed by atoms with Crippen LogP contribution in [0.2, 0.25) is 0 Å². The maximum Gasteiger partial charge on any atom is 0.328 e. The van der Waals surface area contributed by atoms with Crippen LogP contribution in [0.3, 0.4) is 0 Å². The Labute approximate surface area is 119 Å². The average Bonchev–Trinajstić information content (AvgIpc) is 3.06. The van der Waals surface area contributed by atoms with E-state index in [0.29, 0.717) is 17.2 Å². The normalized spacial score (nSPS) is 10.8. The Balaban J connectivity index is 2.03. The molecule has 0 aromatic carbocycles. The zero-order valence-corrected chi connectivity index (χ0v) is 11.6. The lowest BCUT2D eigenvalue weighted by Gasteiger charge is -2.14. The number of imidazole rings is 1. The number of carboxylic acid groups (broad SMARTS) is 1. The lowest BCUT2D eigenvalue weighted by Crippen LogP contribution is -2.25. The van der Waals surface area contributed by atoms with Crippen molar-refractivity contribution < 1.29 is 14.7 Å². The van der Waals surface area contributed by atoms with Crippen molar-refractivity contribution in [2.75, 3.05) is 7.05 Å². The van der Waals surface area contributed by atoms with Gasteiger partial charge in [-0.2, -0.15) is 0 Å². The van der Waals surface area contributed by atoms with Gasteiger partial charge in [-0.05, 0) is 18.2 Å². The monoisotopic (exact) mass is 291 g/mol. The highest BCUT2D eigenvalue weighted by molar-refractivity contribution is 7.14. The standard InChI is InChI=1S/C13H13N3O3S/c1-16(8-11-14-6-7-15-11)13(19)10-4-2-9(20-10)3-5-12(17)18/h2-7H,8H2,1H3,(H,14,15)(H,17,18). The molecule has 0 bridgehead atoms. The van der Waals surface area contributed by atoms with Crippen molar-refractivity contribution in [3.8, 4) is 0 Å². The maximum absolute atomic E-state index is 12.2. The molecule has 0 radical (unpaired) electrons. The summed E-state index contributed by atoms with van der Waals surface area (Å²) in [5, 5.41) is 8.55. The van der Waals surface area contributed by atoms with Crippen LogP contribution in [0, 0.1) is 0 Å². The fraction of sp³-hybridized carbons (Fsp3) is 0.154. The zero-order valence-electron chi connectivity index (χ0n) is 10.7. The summed E-state index contributed by atoms with van der Waals surface area (Å²) in [6, 6.07) is 3.41. The molecular formula is C13H13N3O3S. The van der Waals surface area contributed by atoms with E-state index >= 15 is 0 Å². The summed E-state index contributed by atoms with van der Waals surface area (Å²) in [5.41, 5.74) is 0. The fourth-order valence-electron chi connectivity index (χ4n) is 1.58. The van der Waals surface area contributed by atoms with Crippen LogP contribution in [0.25, 0.3) is 6.08 Å². The summed E-state index contributed by atoms with van der Waals surface area (Å²) in [4.78, 5) is 32.4. The molecule has 104 valence electrons. The minimum absolute atomic E-state index is 0.124. The van der Waals surface area contributed by atoms with Crippen LogP contribution in [0.15, 0.2) is 30.6 Å². The molecule has 0 fully saturated rings. The number of carbonyl (C=O) groups excluding carboxylic acids is 1. The Kier molecular flexibility index (Phi) is 4.31. The number of hydrogen-bond acceptors (Lipinski definition) is 4. The summed E-state index contributed by atoms with van der Waals surface area (Å²) >= 11 is 1.25. The van der Waals surface area contributed by atoms with Crippen molar-refractivity contribution in [2.45, 2.75) is 6.54 Å². The predicted molar refractivity (Wildman–Crippen MR) is 75.4 cm³/mol. The molecule has 0 saturated carbocycles. The Bertz CT molecular complexity index is 631. The van der Waals surface area contributed by atoms with Gasteiger partial charge < -0.3 is 15.0 Å². The Hall–Kier alpha value is -2.41. The molecule has 0 aliphatic rings. The predicted octanol–water partition coefficient (Wildman–Crippen LogP) is 1.84. The minimum Gasteiger partial charge on any atom is -0.478 e. The van der Waals surface area contributed by atoms with Crippen LogP contribution in [0.5, 0.6) is 0 Å². The van der Waals surface area contributed by atoms with E-state index in [4.69, 9.17) is 5.11 Å². The van der Waals surface area contributed by atoms with Crippen LogP contribution in [0.1, 0.15) is 20.4 Å². The van der Waals surface area contributed by atoms with Gasteiger partial charge in [0.25, 0.3) is 5.91 Å². The number of thiophene rings is 1. The lowest BCUT2D eigenvalue weighted by atomic mass is 10.3. The van der Waals surface area contributed by atoms with Gasteiger partial charge in [0.2, 0.25) is 0 Å². The summed E-state index contributed by atoms with van der Waals surface area (Å²) < 4.78 is 0. The highest BCUT2D eigenvalue weighted by Gasteiger charge is 2.14. The molecule has 1 amide bonds. The van der Waals surface area contributed by atoms with Gasteiger partial charge in [0, 0.05) is 30.4 Å². The van der Waals surface area contributed by atoms with E-state index in [-0.39, 0.29) is 5.91 Å². The molecule has 2 heterocycles. The molecule has 2 rings (SSSR count).